The summed E-state index contributed by atoms with van der Waals surface area (Å²) in [5, 5.41) is 5.64. The fourth-order valence-electron chi connectivity index (χ4n) is 2.82. The van der Waals surface area contributed by atoms with E-state index in [-0.39, 0.29) is 24.3 Å². The normalized spacial score (nSPS) is 10.2. The molecule has 0 bridgehead atoms. The molecule has 0 saturated carbocycles. The van der Waals surface area contributed by atoms with Crippen molar-refractivity contribution in [2.45, 2.75) is 6.92 Å². The summed E-state index contributed by atoms with van der Waals surface area (Å²) < 4.78 is 5.44. The zero-order chi connectivity index (χ0) is 23.1. The number of ether oxygens (including phenoxy) is 1. The molecule has 0 spiro atoms. The quantitative estimate of drug-likeness (QED) is 0.596. The number of amides is 3. The lowest BCUT2D eigenvalue weighted by atomic mass is 10.1. The molecule has 2 N–H and O–H groups in total. The van der Waals surface area contributed by atoms with E-state index in [0.29, 0.717) is 28.3 Å². The first-order chi connectivity index (χ1) is 15.3. The van der Waals surface area contributed by atoms with Gasteiger partial charge in [0.15, 0.2) is 6.61 Å². The SMILES string of the molecule is Cc1cccc(C(=O)Nc2ccc(OCC(=O)N(C)C)cc2)c1NC(=O)c1ccncc1. The van der Waals surface area contributed by atoms with Crippen LogP contribution in [0.25, 0.3) is 0 Å². The summed E-state index contributed by atoms with van der Waals surface area (Å²) in [5.74, 6) is -0.332. The highest BCUT2D eigenvalue weighted by molar-refractivity contribution is 6.13. The molecule has 164 valence electrons. The van der Waals surface area contributed by atoms with E-state index < -0.39 is 0 Å². The molecular weight excluding hydrogens is 408 g/mol. The van der Waals surface area contributed by atoms with Crippen LogP contribution in [0.2, 0.25) is 0 Å². The first-order valence-electron chi connectivity index (χ1n) is 9.90. The molecule has 0 saturated heterocycles. The van der Waals surface area contributed by atoms with Gasteiger partial charge in [-0.2, -0.15) is 0 Å². The number of para-hydroxylation sites is 1. The highest BCUT2D eigenvalue weighted by Gasteiger charge is 2.17. The molecule has 1 heterocycles. The molecule has 3 amide bonds. The number of likely N-dealkylation sites (N-methyl/N-ethyl adjacent to an activating group) is 1. The van der Waals surface area contributed by atoms with Crippen molar-refractivity contribution in [1.29, 1.82) is 0 Å². The van der Waals surface area contributed by atoms with E-state index in [4.69, 9.17) is 4.74 Å². The summed E-state index contributed by atoms with van der Waals surface area (Å²) in [7, 11) is 3.31. The van der Waals surface area contributed by atoms with Crippen LogP contribution < -0.4 is 15.4 Å². The lowest BCUT2D eigenvalue weighted by molar-refractivity contribution is -0.130. The Kier molecular flexibility index (Phi) is 7.17. The van der Waals surface area contributed by atoms with Crippen molar-refractivity contribution in [3.63, 3.8) is 0 Å². The standard InChI is InChI=1S/C24H24N4O4/c1-16-5-4-6-20(22(16)27-23(30)17-11-13-25-14-12-17)24(31)26-18-7-9-19(10-8-18)32-15-21(29)28(2)3/h4-14H,15H2,1-3H3,(H,26,31)(H,27,30). The number of nitrogens with one attached hydrogen (secondary N) is 2. The number of benzene rings is 2. The second kappa shape index (κ2) is 10.2. The minimum atomic E-state index is -0.366. The molecule has 0 aliphatic heterocycles. The van der Waals surface area contributed by atoms with Crippen molar-refractivity contribution in [1.82, 2.24) is 9.88 Å². The van der Waals surface area contributed by atoms with Crippen molar-refractivity contribution in [3.05, 3.63) is 83.7 Å². The molecular formula is C24H24N4O4. The minimum absolute atomic E-state index is 0.0669. The first-order valence-corrected chi connectivity index (χ1v) is 9.90. The average molecular weight is 432 g/mol. The summed E-state index contributed by atoms with van der Waals surface area (Å²) >= 11 is 0. The van der Waals surface area contributed by atoms with Crippen molar-refractivity contribution >= 4 is 29.1 Å². The van der Waals surface area contributed by atoms with Crippen molar-refractivity contribution in [2.75, 3.05) is 31.3 Å². The number of anilines is 2. The number of carbonyl (C=O) groups excluding carboxylic acids is 3. The summed E-state index contributed by atoms with van der Waals surface area (Å²) in [6.45, 7) is 1.75. The molecule has 32 heavy (non-hydrogen) atoms. The van der Waals surface area contributed by atoms with Crippen LogP contribution >= 0.6 is 0 Å². The Bertz CT molecular complexity index is 1110. The first kappa shape index (κ1) is 22.5. The highest BCUT2D eigenvalue weighted by atomic mass is 16.5. The molecule has 0 fully saturated rings. The van der Waals surface area contributed by atoms with Crippen LogP contribution in [0.15, 0.2) is 67.0 Å². The van der Waals surface area contributed by atoms with Crippen LogP contribution in [-0.4, -0.2) is 48.3 Å². The van der Waals surface area contributed by atoms with Gasteiger partial charge in [0.2, 0.25) is 0 Å². The Balaban J connectivity index is 1.71. The third kappa shape index (κ3) is 5.69. The lowest BCUT2D eigenvalue weighted by Gasteiger charge is -2.14. The van der Waals surface area contributed by atoms with Gasteiger partial charge in [0.1, 0.15) is 5.75 Å². The van der Waals surface area contributed by atoms with Crippen LogP contribution in [0.3, 0.4) is 0 Å². The average Bonchev–Trinajstić information content (AvgIpc) is 2.80. The van der Waals surface area contributed by atoms with Gasteiger partial charge in [0.25, 0.3) is 17.7 Å². The number of rotatable bonds is 7. The number of aromatic nitrogens is 1. The maximum absolute atomic E-state index is 12.9. The summed E-state index contributed by atoms with van der Waals surface area (Å²) in [6, 6.07) is 15.1. The number of hydrogen-bond donors (Lipinski definition) is 2. The number of hydrogen-bond acceptors (Lipinski definition) is 5. The van der Waals surface area contributed by atoms with Crippen LogP contribution in [0, 0.1) is 6.92 Å². The molecule has 3 rings (SSSR count). The predicted octanol–water partition coefficient (Wildman–Crippen LogP) is 3.36. The van der Waals surface area contributed by atoms with Crippen LogP contribution in [-0.2, 0) is 4.79 Å². The number of pyridine rings is 1. The third-order valence-electron chi connectivity index (χ3n) is 4.67. The zero-order valence-electron chi connectivity index (χ0n) is 18.1. The van der Waals surface area contributed by atoms with E-state index in [1.54, 1.807) is 62.6 Å². The highest BCUT2D eigenvalue weighted by Crippen LogP contribution is 2.23. The van der Waals surface area contributed by atoms with Crippen molar-refractivity contribution in [2.24, 2.45) is 0 Å². The van der Waals surface area contributed by atoms with Gasteiger partial charge in [-0.05, 0) is 55.0 Å². The molecule has 0 atom stereocenters. The summed E-state index contributed by atoms with van der Waals surface area (Å²) in [5.41, 5.74) is 2.53. The molecule has 0 unspecified atom stereocenters. The number of nitrogens with zero attached hydrogens (tertiary/aromatic N) is 2. The largest absolute Gasteiger partial charge is 0.484 e. The van der Waals surface area contributed by atoms with E-state index in [1.807, 2.05) is 13.0 Å². The van der Waals surface area contributed by atoms with E-state index in [2.05, 4.69) is 15.6 Å². The van der Waals surface area contributed by atoms with Crippen LogP contribution in [0.5, 0.6) is 5.75 Å². The minimum Gasteiger partial charge on any atom is -0.484 e. The molecule has 1 aromatic heterocycles. The van der Waals surface area contributed by atoms with Gasteiger partial charge in [-0.15, -0.1) is 0 Å². The van der Waals surface area contributed by atoms with E-state index in [0.717, 1.165) is 5.56 Å². The molecule has 8 nitrogen and oxygen atoms in total. The van der Waals surface area contributed by atoms with E-state index in [1.165, 1.54) is 17.3 Å². The summed E-state index contributed by atoms with van der Waals surface area (Å²) in [4.78, 5) is 42.5. The Morgan fingerprint density at radius 2 is 1.59 bits per heavy atom. The number of carbonyl (C=O) groups is 3. The summed E-state index contributed by atoms with van der Waals surface area (Å²) in [6.07, 6.45) is 3.06. The van der Waals surface area contributed by atoms with E-state index in [9.17, 15) is 14.4 Å². The van der Waals surface area contributed by atoms with Gasteiger partial charge in [0, 0.05) is 37.7 Å². The Morgan fingerprint density at radius 3 is 2.25 bits per heavy atom. The molecule has 8 heteroatoms. The fourth-order valence-corrected chi connectivity index (χ4v) is 2.82. The van der Waals surface area contributed by atoms with Gasteiger partial charge in [-0.25, -0.2) is 0 Å². The van der Waals surface area contributed by atoms with Gasteiger partial charge in [0.05, 0.1) is 11.3 Å². The topological polar surface area (TPSA) is 101 Å². The third-order valence-corrected chi connectivity index (χ3v) is 4.67. The molecule has 0 radical (unpaired) electrons. The van der Waals surface area contributed by atoms with Gasteiger partial charge < -0.3 is 20.3 Å². The van der Waals surface area contributed by atoms with Crippen LogP contribution in [0.4, 0.5) is 11.4 Å². The molecule has 3 aromatic rings. The van der Waals surface area contributed by atoms with E-state index >= 15 is 0 Å². The Labute approximate surface area is 186 Å². The second-order valence-electron chi connectivity index (χ2n) is 7.24. The molecule has 0 aliphatic rings. The van der Waals surface area contributed by atoms with Gasteiger partial charge in [-0.3, -0.25) is 19.4 Å². The second-order valence-corrected chi connectivity index (χ2v) is 7.24. The maximum atomic E-state index is 12.9. The fraction of sp³-hybridized carbons (Fsp3) is 0.167. The Hall–Kier alpha value is -4.20. The zero-order valence-corrected chi connectivity index (χ0v) is 18.1. The Morgan fingerprint density at radius 1 is 0.906 bits per heavy atom. The number of aryl methyl sites for hydroxylation is 1. The van der Waals surface area contributed by atoms with Crippen molar-refractivity contribution in [3.8, 4) is 5.75 Å². The van der Waals surface area contributed by atoms with Gasteiger partial charge >= 0.3 is 0 Å². The lowest BCUT2D eigenvalue weighted by Crippen LogP contribution is -2.27. The molecule has 2 aromatic carbocycles. The monoisotopic (exact) mass is 432 g/mol. The molecule has 0 aliphatic carbocycles. The van der Waals surface area contributed by atoms with Gasteiger partial charge in [-0.1, -0.05) is 12.1 Å². The maximum Gasteiger partial charge on any atom is 0.259 e. The predicted molar refractivity (Wildman–Crippen MR) is 122 cm³/mol. The van der Waals surface area contributed by atoms with Crippen molar-refractivity contribution < 1.29 is 19.1 Å². The smallest absolute Gasteiger partial charge is 0.259 e. The van der Waals surface area contributed by atoms with Crippen LogP contribution in [0.1, 0.15) is 26.3 Å².